The predicted molar refractivity (Wildman–Crippen MR) is 39.4 cm³/mol. The molecule has 1 fully saturated rings. The summed E-state index contributed by atoms with van der Waals surface area (Å²) in [6.45, 7) is 0. The van der Waals surface area contributed by atoms with E-state index in [4.69, 9.17) is 10.4 Å². The second-order valence-electron chi connectivity index (χ2n) is 2.97. The van der Waals surface area contributed by atoms with E-state index in [9.17, 15) is 9.90 Å². The number of aliphatic hydroxyl groups is 1. The van der Waals surface area contributed by atoms with Crippen molar-refractivity contribution in [1.82, 2.24) is 5.32 Å². The monoisotopic (exact) mass is 170 g/mol. The zero-order valence-corrected chi connectivity index (χ0v) is 6.45. The summed E-state index contributed by atoms with van der Waals surface area (Å²) in [4.78, 5) is 10.3. The van der Waals surface area contributed by atoms with Gasteiger partial charge in [-0.25, -0.2) is 4.79 Å². The normalized spacial score (nSPS) is 21.7. The minimum Gasteiger partial charge on any atom is -0.465 e. The smallest absolute Gasteiger partial charge is 0.405 e. The number of amides is 1. The lowest BCUT2D eigenvalue weighted by Crippen LogP contribution is -2.60. The number of nitrogens with zero attached hydrogens (tertiary/aromatic N) is 1. The van der Waals surface area contributed by atoms with Crippen LogP contribution < -0.4 is 5.32 Å². The van der Waals surface area contributed by atoms with Crippen LogP contribution in [-0.4, -0.2) is 27.9 Å². The summed E-state index contributed by atoms with van der Waals surface area (Å²) >= 11 is 0. The highest BCUT2D eigenvalue weighted by Crippen LogP contribution is 2.34. The molecule has 1 atom stereocenters. The summed E-state index contributed by atoms with van der Waals surface area (Å²) in [7, 11) is 0. The largest absolute Gasteiger partial charge is 0.465 e. The molecule has 0 spiro atoms. The molecule has 1 aliphatic carbocycles. The Balaban J connectivity index is 2.64. The molecule has 5 nitrogen and oxygen atoms in total. The lowest BCUT2D eigenvalue weighted by Gasteiger charge is -2.42. The van der Waals surface area contributed by atoms with E-state index in [0.29, 0.717) is 12.8 Å². The van der Waals surface area contributed by atoms with Crippen LogP contribution in [0.1, 0.15) is 19.3 Å². The third-order valence-electron chi connectivity index (χ3n) is 2.25. The minimum atomic E-state index is -1.23. The zero-order chi connectivity index (χ0) is 9.19. The van der Waals surface area contributed by atoms with E-state index in [-0.39, 0.29) is 0 Å². The van der Waals surface area contributed by atoms with Crippen molar-refractivity contribution >= 4 is 6.09 Å². The first-order valence-corrected chi connectivity index (χ1v) is 3.69. The van der Waals surface area contributed by atoms with E-state index < -0.39 is 17.7 Å². The van der Waals surface area contributed by atoms with Crippen molar-refractivity contribution in [2.24, 2.45) is 0 Å². The zero-order valence-electron chi connectivity index (χ0n) is 6.45. The van der Waals surface area contributed by atoms with Gasteiger partial charge >= 0.3 is 6.09 Å². The Hall–Kier alpha value is -1.28. The molecule has 0 aromatic heterocycles. The van der Waals surface area contributed by atoms with Crippen molar-refractivity contribution in [3.05, 3.63) is 0 Å². The van der Waals surface area contributed by atoms with Crippen LogP contribution in [0.15, 0.2) is 0 Å². The molecule has 1 amide bonds. The van der Waals surface area contributed by atoms with Gasteiger partial charge in [-0.1, -0.05) is 0 Å². The highest BCUT2D eigenvalue weighted by atomic mass is 16.4. The summed E-state index contributed by atoms with van der Waals surface area (Å²) in [5.41, 5.74) is -0.902. The molecule has 0 aliphatic heterocycles. The predicted octanol–water partition coefficient (Wildman–Crippen LogP) is 0.0612. The Morgan fingerprint density at radius 2 is 2.25 bits per heavy atom. The second kappa shape index (κ2) is 2.99. The third-order valence-corrected chi connectivity index (χ3v) is 2.25. The van der Waals surface area contributed by atoms with Gasteiger partial charge in [-0.3, -0.25) is 0 Å². The molecule has 0 aromatic carbocycles. The van der Waals surface area contributed by atoms with Crippen molar-refractivity contribution in [3.63, 3.8) is 0 Å². The maximum absolute atomic E-state index is 10.3. The van der Waals surface area contributed by atoms with Crippen molar-refractivity contribution < 1.29 is 15.0 Å². The van der Waals surface area contributed by atoms with Crippen molar-refractivity contribution in [1.29, 1.82) is 5.26 Å². The molecule has 0 bridgehead atoms. The molecule has 0 heterocycles. The number of hydrogen-bond acceptors (Lipinski definition) is 3. The van der Waals surface area contributed by atoms with Gasteiger partial charge in [0.25, 0.3) is 0 Å². The van der Waals surface area contributed by atoms with Crippen LogP contribution in [0.2, 0.25) is 0 Å². The van der Waals surface area contributed by atoms with E-state index in [1.165, 1.54) is 0 Å². The Labute approximate surface area is 69.6 Å². The van der Waals surface area contributed by atoms with E-state index in [1.807, 2.05) is 0 Å². The van der Waals surface area contributed by atoms with Crippen molar-refractivity contribution in [3.8, 4) is 6.07 Å². The van der Waals surface area contributed by atoms with E-state index in [0.717, 1.165) is 6.42 Å². The molecular formula is C7H10N2O3. The fourth-order valence-electron chi connectivity index (χ4n) is 1.36. The SMILES string of the molecule is N#CC(O)C1(NC(=O)O)CCC1. The first-order valence-electron chi connectivity index (χ1n) is 3.69. The van der Waals surface area contributed by atoms with E-state index in [1.54, 1.807) is 6.07 Å². The lowest BCUT2D eigenvalue weighted by molar-refractivity contribution is 0.0434. The Bertz CT molecular complexity index is 229. The maximum atomic E-state index is 10.3. The summed E-state index contributed by atoms with van der Waals surface area (Å²) in [6, 6.07) is 1.64. The van der Waals surface area contributed by atoms with Gasteiger partial charge in [-0.05, 0) is 19.3 Å². The molecule has 12 heavy (non-hydrogen) atoms. The molecule has 0 saturated heterocycles. The third kappa shape index (κ3) is 1.34. The van der Waals surface area contributed by atoms with Crippen LogP contribution in [0, 0.1) is 11.3 Å². The minimum absolute atomic E-state index is 0.536. The maximum Gasteiger partial charge on any atom is 0.405 e. The number of hydrogen-bond donors (Lipinski definition) is 3. The van der Waals surface area contributed by atoms with Crippen LogP contribution in [0.3, 0.4) is 0 Å². The summed E-state index contributed by atoms with van der Waals surface area (Å²) < 4.78 is 0. The van der Waals surface area contributed by atoms with Gasteiger partial charge in [0.2, 0.25) is 0 Å². The summed E-state index contributed by atoms with van der Waals surface area (Å²) in [5, 5.41) is 28.2. The molecule has 0 radical (unpaired) electrons. The average molecular weight is 170 g/mol. The Morgan fingerprint density at radius 3 is 2.50 bits per heavy atom. The Morgan fingerprint density at radius 1 is 1.67 bits per heavy atom. The number of nitriles is 1. The number of nitrogens with one attached hydrogen (secondary N) is 1. The van der Waals surface area contributed by atoms with Crippen LogP contribution in [0.25, 0.3) is 0 Å². The molecular weight excluding hydrogens is 160 g/mol. The first kappa shape index (κ1) is 8.81. The molecule has 0 aromatic rings. The first-order chi connectivity index (χ1) is 5.60. The van der Waals surface area contributed by atoms with Crippen LogP contribution in [-0.2, 0) is 0 Å². The van der Waals surface area contributed by atoms with Crippen LogP contribution in [0.5, 0.6) is 0 Å². The highest BCUT2D eigenvalue weighted by molar-refractivity contribution is 5.66. The van der Waals surface area contributed by atoms with Gasteiger partial charge < -0.3 is 15.5 Å². The second-order valence-corrected chi connectivity index (χ2v) is 2.97. The van der Waals surface area contributed by atoms with Gasteiger partial charge in [0.15, 0.2) is 6.10 Å². The van der Waals surface area contributed by atoms with Crippen molar-refractivity contribution in [2.75, 3.05) is 0 Å². The number of carbonyl (C=O) groups is 1. The van der Waals surface area contributed by atoms with Crippen molar-refractivity contribution in [2.45, 2.75) is 30.9 Å². The number of aliphatic hydroxyl groups excluding tert-OH is 1. The molecule has 1 unspecified atom stereocenters. The molecule has 1 aliphatic rings. The van der Waals surface area contributed by atoms with Gasteiger partial charge in [-0.2, -0.15) is 5.26 Å². The van der Waals surface area contributed by atoms with Crippen LogP contribution in [0.4, 0.5) is 4.79 Å². The van der Waals surface area contributed by atoms with Gasteiger partial charge in [0.05, 0.1) is 11.6 Å². The topological polar surface area (TPSA) is 93.4 Å². The van der Waals surface area contributed by atoms with Gasteiger partial charge in [0.1, 0.15) is 0 Å². The summed E-state index contributed by atoms with van der Waals surface area (Å²) in [6.07, 6.45) is -0.507. The van der Waals surface area contributed by atoms with E-state index in [2.05, 4.69) is 5.32 Å². The van der Waals surface area contributed by atoms with Gasteiger partial charge in [0, 0.05) is 0 Å². The quantitative estimate of drug-likeness (QED) is 0.511. The fourth-order valence-corrected chi connectivity index (χ4v) is 1.36. The molecule has 3 N–H and O–H groups in total. The standard InChI is InChI=1S/C7H10N2O3/c8-4-5(10)7(2-1-3-7)9-6(11)12/h5,9-10H,1-3H2,(H,11,12). The average Bonchev–Trinajstić information content (AvgIpc) is 1.95. The summed E-state index contributed by atoms with van der Waals surface area (Å²) in [5.74, 6) is 0. The number of carboxylic acid groups (broad SMARTS) is 1. The van der Waals surface area contributed by atoms with Gasteiger partial charge in [-0.15, -0.1) is 0 Å². The highest BCUT2D eigenvalue weighted by Gasteiger charge is 2.45. The molecule has 66 valence electrons. The molecule has 5 heteroatoms. The van der Waals surface area contributed by atoms with E-state index >= 15 is 0 Å². The lowest BCUT2D eigenvalue weighted by atomic mass is 9.73. The Kier molecular flexibility index (Phi) is 2.20. The number of rotatable bonds is 2. The molecule has 1 rings (SSSR count). The van der Waals surface area contributed by atoms with Crippen LogP contribution >= 0.6 is 0 Å². The fraction of sp³-hybridized carbons (Fsp3) is 0.714. The molecule has 1 saturated carbocycles.